The smallest absolute Gasteiger partial charge is 0.411 e. The maximum absolute atomic E-state index is 14.0. The van der Waals surface area contributed by atoms with E-state index < -0.39 is 17.7 Å². The molecule has 0 radical (unpaired) electrons. The first kappa shape index (κ1) is 21.8. The van der Waals surface area contributed by atoms with E-state index in [0.29, 0.717) is 17.0 Å². The molecule has 32 heavy (non-hydrogen) atoms. The van der Waals surface area contributed by atoms with Crippen molar-refractivity contribution >= 4 is 22.7 Å². The van der Waals surface area contributed by atoms with Crippen LogP contribution in [0.25, 0.3) is 27.7 Å². The molecule has 4 rings (SSSR count). The van der Waals surface area contributed by atoms with Gasteiger partial charge in [-0.25, -0.2) is 14.2 Å². The minimum atomic E-state index is -0.635. The molecule has 1 amide bonds. The van der Waals surface area contributed by atoms with E-state index in [1.807, 2.05) is 18.2 Å². The lowest BCUT2D eigenvalue weighted by atomic mass is 10.0. The second-order valence-electron chi connectivity index (χ2n) is 8.70. The highest BCUT2D eigenvalue weighted by atomic mass is 19.1. The van der Waals surface area contributed by atoms with E-state index in [9.17, 15) is 14.3 Å². The number of nitrogens with one attached hydrogen (secondary N) is 1. The number of rotatable bonds is 4. The van der Waals surface area contributed by atoms with Crippen LogP contribution in [0.2, 0.25) is 0 Å². The number of amides is 1. The van der Waals surface area contributed by atoms with Crippen LogP contribution in [0.3, 0.4) is 0 Å². The number of hydrogen-bond acceptors (Lipinski definition) is 5. The third-order valence-corrected chi connectivity index (χ3v) is 5.28. The van der Waals surface area contributed by atoms with Crippen LogP contribution in [-0.2, 0) is 4.74 Å². The molecule has 1 unspecified atom stereocenters. The van der Waals surface area contributed by atoms with Gasteiger partial charge in [0.15, 0.2) is 0 Å². The molecule has 1 aliphatic rings. The van der Waals surface area contributed by atoms with Gasteiger partial charge in [0, 0.05) is 22.8 Å². The predicted molar refractivity (Wildman–Crippen MR) is 120 cm³/mol. The Labute approximate surface area is 185 Å². The summed E-state index contributed by atoms with van der Waals surface area (Å²) in [6.45, 7) is 5.47. The molecule has 0 fully saturated rings. The predicted octanol–water partition coefficient (Wildman–Crippen LogP) is 4.37. The van der Waals surface area contributed by atoms with Crippen molar-refractivity contribution in [3.8, 4) is 16.9 Å². The zero-order chi connectivity index (χ0) is 23.0. The molecule has 0 aliphatic carbocycles. The first-order valence-electron chi connectivity index (χ1n) is 10.3. The number of pyridine rings is 1. The van der Waals surface area contributed by atoms with Crippen molar-refractivity contribution in [2.45, 2.75) is 32.4 Å². The molecule has 3 aromatic rings. The zero-order valence-corrected chi connectivity index (χ0v) is 18.5. The van der Waals surface area contributed by atoms with E-state index in [-0.39, 0.29) is 19.0 Å². The van der Waals surface area contributed by atoms with E-state index in [2.05, 4.69) is 9.97 Å². The Bertz CT molecular complexity index is 1200. The van der Waals surface area contributed by atoms with Gasteiger partial charge >= 0.3 is 6.09 Å². The normalized spacial score (nSPS) is 16.4. The summed E-state index contributed by atoms with van der Waals surface area (Å²) in [5.74, 6) is 0.192. The third kappa shape index (κ3) is 4.18. The van der Waals surface area contributed by atoms with Gasteiger partial charge < -0.3 is 19.6 Å². The standard InChI is InChI=1S/C24H26FN3O4/c1-24(2,3)32-23(30)28-12-14(9-16(28)13-29)20-11-19-17(7-8-26-22(19)27-20)18-10-15(25)5-6-21(18)31-4/h5-11,16,29H,12-13H2,1-4H3,(H,26,27). The summed E-state index contributed by atoms with van der Waals surface area (Å²) < 4.78 is 24.9. The lowest BCUT2D eigenvalue weighted by Gasteiger charge is -2.27. The van der Waals surface area contributed by atoms with Crippen LogP contribution in [0.4, 0.5) is 9.18 Å². The number of halogens is 1. The molecule has 3 heterocycles. The van der Waals surface area contributed by atoms with Gasteiger partial charge in [-0.05, 0) is 62.2 Å². The number of aromatic amines is 1. The molecule has 2 N–H and O–H groups in total. The molecule has 1 aliphatic heterocycles. The van der Waals surface area contributed by atoms with Gasteiger partial charge in [-0.2, -0.15) is 0 Å². The van der Waals surface area contributed by atoms with Crippen molar-refractivity contribution < 1.29 is 23.8 Å². The lowest BCUT2D eigenvalue weighted by molar-refractivity contribution is 0.0200. The van der Waals surface area contributed by atoms with Gasteiger partial charge in [0.2, 0.25) is 0 Å². The van der Waals surface area contributed by atoms with Gasteiger partial charge in [-0.1, -0.05) is 6.08 Å². The molecule has 1 atom stereocenters. The Morgan fingerprint density at radius 2 is 2.06 bits per heavy atom. The molecule has 0 spiro atoms. The number of fused-ring (bicyclic) bond motifs is 1. The first-order valence-corrected chi connectivity index (χ1v) is 10.3. The average Bonchev–Trinajstić information content (AvgIpc) is 3.36. The highest BCUT2D eigenvalue weighted by Gasteiger charge is 2.33. The minimum Gasteiger partial charge on any atom is -0.496 e. The summed E-state index contributed by atoms with van der Waals surface area (Å²) >= 11 is 0. The molecule has 2 aromatic heterocycles. The second kappa shape index (κ2) is 8.27. The SMILES string of the molecule is COc1ccc(F)cc1-c1ccnc2[nH]c(C3=CC(CO)N(C(=O)OC(C)(C)C)C3)cc12. The number of H-pyrrole nitrogens is 1. The molecular weight excluding hydrogens is 413 g/mol. The molecule has 0 bridgehead atoms. The summed E-state index contributed by atoms with van der Waals surface area (Å²) in [6.07, 6.45) is 3.01. The fourth-order valence-electron chi connectivity index (χ4n) is 3.85. The van der Waals surface area contributed by atoms with Crippen molar-refractivity contribution in [3.05, 3.63) is 54.1 Å². The van der Waals surface area contributed by atoms with Crippen LogP contribution >= 0.6 is 0 Å². The Balaban J connectivity index is 1.71. The van der Waals surface area contributed by atoms with Gasteiger partial charge in [-0.15, -0.1) is 0 Å². The van der Waals surface area contributed by atoms with Crippen molar-refractivity contribution in [3.63, 3.8) is 0 Å². The number of aliphatic hydroxyl groups is 1. The Morgan fingerprint density at radius 1 is 1.28 bits per heavy atom. The van der Waals surface area contributed by atoms with Crippen LogP contribution in [0.5, 0.6) is 5.75 Å². The molecule has 0 saturated carbocycles. The Morgan fingerprint density at radius 3 is 2.75 bits per heavy atom. The van der Waals surface area contributed by atoms with Crippen LogP contribution in [0.15, 0.2) is 42.6 Å². The number of aromatic nitrogens is 2. The first-order chi connectivity index (χ1) is 15.2. The highest BCUT2D eigenvalue weighted by molar-refractivity contribution is 5.97. The van der Waals surface area contributed by atoms with E-state index in [1.165, 1.54) is 17.0 Å². The minimum absolute atomic E-state index is 0.215. The second-order valence-corrected chi connectivity index (χ2v) is 8.70. The Kier molecular flexibility index (Phi) is 5.64. The molecule has 0 saturated heterocycles. The summed E-state index contributed by atoms with van der Waals surface area (Å²) in [6, 6.07) is 7.62. The van der Waals surface area contributed by atoms with Crippen LogP contribution in [-0.4, -0.2) is 58.0 Å². The van der Waals surface area contributed by atoms with Crippen LogP contribution in [0, 0.1) is 5.82 Å². The van der Waals surface area contributed by atoms with E-state index in [0.717, 1.165) is 22.2 Å². The van der Waals surface area contributed by atoms with Crippen LogP contribution < -0.4 is 4.74 Å². The summed E-state index contributed by atoms with van der Waals surface area (Å²) in [5.41, 5.74) is 2.99. The van der Waals surface area contributed by atoms with E-state index in [1.54, 1.807) is 40.1 Å². The van der Waals surface area contributed by atoms with Crippen LogP contribution in [0.1, 0.15) is 26.5 Å². The number of aliphatic hydroxyl groups excluding tert-OH is 1. The topological polar surface area (TPSA) is 87.7 Å². The number of carbonyl (C=O) groups excluding carboxylic acids is 1. The molecule has 168 valence electrons. The largest absolute Gasteiger partial charge is 0.496 e. The number of ether oxygens (including phenoxy) is 2. The monoisotopic (exact) mass is 439 g/mol. The summed E-state index contributed by atoms with van der Waals surface area (Å²) in [5, 5.41) is 10.6. The maximum Gasteiger partial charge on any atom is 0.411 e. The number of hydrogen-bond donors (Lipinski definition) is 2. The summed E-state index contributed by atoms with van der Waals surface area (Å²) in [7, 11) is 1.54. The van der Waals surface area contributed by atoms with Crippen molar-refractivity contribution in [2.75, 3.05) is 20.3 Å². The molecule has 7 nitrogen and oxygen atoms in total. The number of methoxy groups -OCH3 is 1. The van der Waals surface area contributed by atoms with Crippen molar-refractivity contribution in [2.24, 2.45) is 0 Å². The van der Waals surface area contributed by atoms with Gasteiger partial charge in [0.05, 0.1) is 26.3 Å². The molecule has 8 heteroatoms. The number of nitrogens with zero attached hydrogens (tertiary/aromatic N) is 2. The van der Waals surface area contributed by atoms with Crippen molar-refractivity contribution in [1.82, 2.24) is 14.9 Å². The average molecular weight is 439 g/mol. The third-order valence-electron chi connectivity index (χ3n) is 5.28. The number of benzene rings is 1. The quantitative estimate of drug-likeness (QED) is 0.630. The van der Waals surface area contributed by atoms with E-state index >= 15 is 0 Å². The Hall–Kier alpha value is -3.39. The lowest BCUT2D eigenvalue weighted by Crippen LogP contribution is -2.41. The van der Waals surface area contributed by atoms with Crippen molar-refractivity contribution in [1.29, 1.82) is 0 Å². The highest BCUT2D eigenvalue weighted by Crippen LogP contribution is 2.37. The zero-order valence-electron chi connectivity index (χ0n) is 18.5. The van der Waals surface area contributed by atoms with Gasteiger partial charge in [0.25, 0.3) is 0 Å². The molecule has 1 aromatic carbocycles. The molecular formula is C24H26FN3O4. The van der Waals surface area contributed by atoms with E-state index in [4.69, 9.17) is 9.47 Å². The summed E-state index contributed by atoms with van der Waals surface area (Å²) in [4.78, 5) is 21.8. The number of carbonyl (C=O) groups is 1. The van der Waals surface area contributed by atoms with Gasteiger partial charge in [-0.3, -0.25) is 4.90 Å². The fraction of sp³-hybridized carbons (Fsp3) is 0.333. The van der Waals surface area contributed by atoms with Gasteiger partial charge in [0.1, 0.15) is 22.8 Å². The maximum atomic E-state index is 14.0. The fourth-order valence-corrected chi connectivity index (χ4v) is 3.85.